The molecule has 0 spiro atoms. The topological polar surface area (TPSA) is 24.1 Å². The van der Waals surface area contributed by atoms with Crippen LogP contribution < -0.4 is 9.96 Å². The Labute approximate surface area is 97.3 Å². The summed E-state index contributed by atoms with van der Waals surface area (Å²) in [5.74, 6) is 0. The predicted molar refractivity (Wildman–Crippen MR) is 72.4 cm³/mol. The van der Waals surface area contributed by atoms with Crippen molar-refractivity contribution in [3.05, 3.63) is 11.8 Å². The zero-order valence-corrected chi connectivity index (χ0v) is 12.6. The number of nitrogens with one attached hydrogen (secondary N) is 2. The summed E-state index contributed by atoms with van der Waals surface area (Å²) in [5, 5.41) is 0. The van der Waals surface area contributed by atoms with Gasteiger partial charge in [0.15, 0.2) is 0 Å². The van der Waals surface area contributed by atoms with Crippen molar-refractivity contribution >= 4 is 9.12 Å². The summed E-state index contributed by atoms with van der Waals surface area (Å²) >= 11 is 0. The first kappa shape index (κ1) is 14.9. The number of rotatable bonds is 4. The van der Waals surface area contributed by atoms with E-state index in [0.717, 1.165) is 6.42 Å². The first-order valence-corrected chi connectivity index (χ1v) is 7.68. The van der Waals surface area contributed by atoms with Crippen LogP contribution >= 0.6 is 0 Å². The molecule has 0 heterocycles. The maximum atomic E-state index is 3.69. The van der Waals surface area contributed by atoms with E-state index in [9.17, 15) is 0 Å². The van der Waals surface area contributed by atoms with E-state index < -0.39 is 9.12 Å². The van der Waals surface area contributed by atoms with Crippen molar-refractivity contribution in [2.24, 2.45) is 0 Å². The van der Waals surface area contributed by atoms with Gasteiger partial charge in [-0.1, -0.05) is 18.7 Å². The second-order valence-electron chi connectivity index (χ2n) is 6.10. The lowest BCUT2D eigenvalue weighted by Crippen LogP contribution is -2.59. The van der Waals surface area contributed by atoms with Gasteiger partial charge in [-0.2, -0.15) is 0 Å². The standard InChI is InChI=1S/C12H28N2Si/c1-8-9-10-15(13-11(2,3)4)14-12(5,6)7/h9-10,13-15H,8H2,1-7H3. The van der Waals surface area contributed by atoms with Crippen molar-refractivity contribution < 1.29 is 0 Å². The summed E-state index contributed by atoms with van der Waals surface area (Å²) in [4.78, 5) is 7.38. The van der Waals surface area contributed by atoms with Gasteiger partial charge < -0.3 is 9.96 Å². The van der Waals surface area contributed by atoms with E-state index in [4.69, 9.17) is 0 Å². The summed E-state index contributed by atoms with van der Waals surface area (Å²) in [6, 6.07) is 0. The average molecular weight is 228 g/mol. The van der Waals surface area contributed by atoms with E-state index in [1.165, 1.54) is 0 Å². The second kappa shape index (κ2) is 5.82. The largest absolute Gasteiger partial charge is 0.320 e. The molecule has 0 saturated heterocycles. The molecule has 2 nitrogen and oxygen atoms in total. The third kappa shape index (κ3) is 10.2. The maximum Gasteiger partial charge on any atom is 0.210 e. The SMILES string of the molecule is CCC=C[SiH](NC(C)(C)C)NC(C)(C)C. The molecule has 2 N–H and O–H groups in total. The van der Waals surface area contributed by atoms with Gasteiger partial charge in [0, 0.05) is 11.1 Å². The monoisotopic (exact) mass is 228 g/mol. The summed E-state index contributed by atoms with van der Waals surface area (Å²) in [6.07, 6.45) is 3.37. The molecule has 0 aromatic rings. The fourth-order valence-electron chi connectivity index (χ4n) is 1.34. The van der Waals surface area contributed by atoms with E-state index in [1.807, 2.05) is 0 Å². The minimum atomic E-state index is -1.18. The fraction of sp³-hybridized carbons (Fsp3) is 0.833. The van der Waals surface area contributed by atoms with Crippen molar-refractivity contribution in [3.63, 3.8) is 0 Å². The molecule has 0 radical (unpaired) electrons. The summed E-state index contributed by atoms with van der Waals surface area (Å²) in [6.45, 7) is 15.5. The van der Waals surface area contributed by atoms with Crippen LogP contribution in [0.3, 0.4) is 0 Å². The van der Waals surface area contributed by atoms with Gasteiger partial charge in [-0.15, -0.1) is 0 Å². The van der Waals surface area contributed by atoms with E-state index in [1.54, 1.807) is 0 Å². The lowest BCUT2D eigenvalue weighted by Gasteiger charge is -2.31. The molecule has 15 heavy (non-hydrogen) atoms. The van der Waals surface area contributed by atoms with E-state index in [2.05, 4.69) is 70.2 Å². The smallest absolute Gasteiger partial charge is 0.210 e. The highest BCUT2D eigenvalue weighted by atomic mass is 28.3. The van der Waals surface area contributed by atoms with Gasteiger partial charge in [-0.25, -0.2) is 0 Å². The van der Waals surface area contributed by atoms with Gasteiger partial charge in [-0.3, -0.25) is 0 Å². The molecule has 0 aliphatic rings. The Balaban J connectivity index is 4.39. The van der Waals surface area contributed by atoms with Crippen molar-refractivity contribution in [2.75, 3.05) is 0 Å². The minimum Gasteiger partial charge on any atom is -0.320 e. The molecular formula is C12H28N2Si. The van der Waals surface area contributed by atoms with Crippen LogP contribution in [0.25, 0.3) is 0 Å². The van der Waals surface area contributed by atoms with Gasteiger partial charge in [0.25, 0.3) is 0 Å². The molecule has 90 valence electrons. The Bertz CT molecular complexity index is 183. The Hall–Kier alpha value is -0.123. The van der Waals surface area contributed by atoms with Gasteiger partial charge >= 0.3 is 0 Å². The molecule has 0 rings (SSSR count). The highest BCUT2D eigenvalue weighted by Gasteiger charge is 2.21. The zero-order chi connectivity index (χ0) is 12.1. The highest BCUT2D eigenvalue weighted by molar-refractivity contribution is 6.59. The number of hydrogen-bond donors (Lipinski definition) is 2. The summed E-state index contributed by atoms with van der Waals surface area (Å²) in [5.41, 5.74) is 2.72. The Morgan fingerprint density at radius 1 is 0.933 bits per heavy atom. The molecule has 0 amide bonds. The number of hydrogen-bond acceptors (Lipinski definition) is 2. The van der Waals surface area contributed by atoms with Crippen LogP contribution in [0.15, 0.2) is 11.8 Å². The van der Waals surface area contributed by atoms with Crippen LogP contribution in [0.2, 0.25) is 0 Å². The Morgan fingerprint density at radius 3 is 1.60 bits per heavy atom. The number of allylic oxidation sites excluding steroid dienone is 1. The van der Waals surface area contributed by atoms with Crippen molar-refractivity contribution in [3.8, 4) is 0 Å². The van der Waals surface area contributed by atoms with Crippen LogP contribution in [0, 0.1) is 0 Å². The van der Waals surface area contributed by atoms with Gasteiger partial charge in [0.1, 0.15) is 0 Å². The summed E-state index contributed by atoms with van der Waals surface area (Å²) < 4.78 is 0. The van der Waals surface area contributed by atoms with E-state index >= 15 is 0 Å². The third-order valence-corrected chi connectivity index (χ3v) is 4.75. The minimum absolute atomic E-state index is 0.188. The normalized spacial score (nSPS) is 14.1. The third-order valence-electron chi connectivity index (χ3n) is 1.74. The molecule has 0 aliphatic heterocycles. The molecule has 0 aliphatic carbocycles. The van der Waals surface area contributed by atoms with Crippen LogP contribution in [0.4, 0.5) is 0 Å². The first-order valence-electron chi connectivity index (χ1n) is 5.86. The van der Waals surface area contributed by atoms with Crippen LogP contribution in [-0.4, -0.2) is 20.2 Å². The molecule has 0 atom stereocenters. The fourth-order valence-corrected chi connectivity index (χ4v) is 4.01. The maximum absolute atomic E-state index is 3.69. The van der Waals surface area contributed by atoms with Crippen molar-refractivity contribution in [1.82, 2.24) is 9.96 Å². The van der Waals surface area contributed by atoms with Crippen molar-refractivity contribution in [2.45, 2.75) is 66.0 Å². The van der Waals surface area contributed by atoms with Crippen LogP contribution in [0.1, 0.15) is 54.9 Å². The lowest BCUT2D eigenvalue weighted by molar-refractivity contribution is 0.478. The molecule has 0 saturated carbocycles. The first-order chi connectivity index (χ1) is 6.64. The quantitative estimate of drug-likeness (QED) is 0.723. The Kier molecular flexibility index (Phi) is 5.78. The molecular weight excluding hydrogens is 200 g/mol. The Morgan fingerprint density at radius 2 is 1.33 bits per heavy atom. The average Bonchev–Trinajstić information content (AvgIpc) is 1.94. The molecule has 0 fully saturated rings. The molecule has 0 aromatic carbocycles. The van der Waals surface area contributed by atoms with E-state index in [0.29, 0.717) is 0 Å². The molecule has 0 unspecified atom stereocenters. The zero-order valence-electron chi connectivity index (χ0n) is 11.4. The highest BCUT2D eigenvalue weighted by Crippen LogP contribution is 2.04. The van der Waals surface area contributed by atoms with Crippen LogP contribution in [0.5, 0.6) is 0 Å². The van der Waals surface area contributed by atoms with E-state index in [-0.39, 0.29) is 11.1 Å². The molecule has 0 bridgehead atoms. The van der Waals surface area contributed by atoms with Crippen LogP contribution in [-0.2, 0) is 0 Å². The van der Waals surface area contributed by atoms with Gasteiger partial charge in [0.2, 0.25) is 9.12 Å². The van der Waals surface area contributed by atoms with Gasteiger partial charge in [-0.05, 0) is 48.0 Å². The van der Waals surface area contributed by atoms with Gasteiger partial charge in [0.05, 0.1) is 0 Å². The lowest BCUT2D eigenvalue weighted by atomic mass is 10.1. The summed E-state index contributed by atoms with van der Waals surface area (Å²) in [7, 11) is -1.18. The predicted octanol–water partition coefficient (Wildman–Crippen LogP) is 2.49. The molecule has 0 aromatic heterocycles. The molecule has 3 heteroatoms. The second-order valence-corrected chi connectivity index (χ2v) is 8.02. The van der Waals surface area contributed by atoms with Crippen molar-refractivity contribution in [1.29, 1.82) is 0 Å².